The van der Waals surface area contributed by atoms with E-state index in [0.717, 1.165) is 21.3 Å². The van der Waals surface area contributed by atoms with Crippen LogP contribution in [0.15, 0.2) is 29.9 Å². The summed E-state index contributed by atoms with van der Waals surface area (Å²) in [7, 11) is 1.60. The molecular weight excluding hydrogens is 286 g/mol. The number of thiophene rings is 1. The smallest absolute Gasteiger partial charge is 0.240 e. The Hall–Kier alpha value is -2.18. The second-order valence-corrected chi connectivity index (χ2v) is 5.45. The Kier molecular flexibility index (Phi) is 3.72. The average molecular weight is 301 g/mol. The Balaban J connectivity index is 2.02. The maximum absolute atomic E-state index is 5.92. The van der Waals surface area contributed by atoms with Gasteiger partial charge in [-0.15, -0.1) is 11.3 Å². The molecule has 0 atom stereocenters. The molecule has 108 valence electrons. The summed E-state index contributed by atoms with van der Waals surface area (Å²) < 4.78 is 12.2. The number of benzene rings is 1. The number of hydrogen-bond acceptors (Lipinski definition) is 6. The number of methoxy groups -OCH3 is 1. The van der Waals surface area contributed by atoms with E-state index in [1.54, 1.807) is 18.4 Å². The number of ether oxygens (including phenoxy) is 2. The predicted octanol–water partition coefficient (Wildman–Crippen LogP) is 3.26. The molecule has 2 heterocycles. The molecule has 1 aromatic carbocycles. The summed E-state index contributed by atoms with van der Waals surface area (Å²) in [6.07, 6.45) is 1.51. The SMILES string of the molecule is COc1cc(CN)ccc1Oc1ncnc2c(C)csc12. The number of nitrogens with two attached hydrogens (primary N) is 1. The van der Waals surface area contributed by atoms with Gasteiger partial charge in [0.2, 0.25) is 5.88 Å². The maximum atomic E-state index is 5.92. The van der Waals surface area contributed by atoms with Gasteiger partial charge in [-0.05, 0) is 35.6 Å². The third kappa shape index (κ3) is 2.55. The third-order valence-corrected chi connectivity index (χ3v) is 4.24. The van der Waals surface area contributed by atoms with E-state index in [-0.39, 0.29) is 0 Å². The van der Waals surface area contributed by atoms with Gasteiger partial charge < -0.3 is 15.2 Å². The molecule has 0 radical (unpaired) electrons. The molecule has 5 nitrogen and oxygen atoms in total. The van der Waals surface area contributed by atoms with Crippen LogP contribution in [-0.2, 0) is 6.54 Å². The summed E-state index contributed by atoms with van der Waals surface area (Å²) in [5, 5.41) is 2.04. The van der Waals surface area contributed by atoms with Gasteiger partial charge in [-0.3, -0.25) is 0 Å². The van der Waals surface area contributed by atoms with E-state index >= 15 is 0 Å². The Morgan fingerprint density at radius 3 is 2.86 bits per heavy atom. The lowest BCUT2D eigenvalue weighted by molar-refractivity contribution is 0.375. The summed E-state index contributed by atoms with van der Waals surface area (Å²) in [6, 6.07) is 5.62. The van der Waals surface area contributed by atoms with E-state index in [1.165, 1.54) is 6.33 Å². The van der Waals surface area contributed by atoms with E-state index in [2.05, 4.69) is 9.97 Å². The minimum atomic E-state index is 0.457. The van der Waals surface area contributed by atoms with Crippen LogP contribution in [0.5, 0.6) is 17.4 Å². The van der Waals surface area contributed by atoms with Gasteiger partial charge in [0.1, 0.15) is 11.0 Å². The Bertz CT molecular complexity index is 786. The summed E-state index contributed by atoms with van der Waals surface area (Å²) in [6.45, 7) is 2.48. The molecule has 0 bridgehead atoms. The second-order valence-electron chi connectivity index (χ2n) is 4.57. The van der Waals surface area contributed by atoms with Crippen LogP contribution < -0.4 is 15.2 Å². The van der Waals surface area contributed by atoms with Crippen molar-refractivity contribution in [1.29, 1.82) is 0 Å². The van der Waals surface area contributed by atoms with Crippen LogP contribution in [0, 0.1) is 6.92 Å². The molecule has 2 aromatic heterocycles. The fraction of sp³-hybridized carbons (Fsp3) is 0.200. The molecule has 0 saturated carbocycles. The molecule has 0 aliphatic rings. The van der Waals surface area contributed by atoms with Crippen molar-refractivity contribution >= 4 is 21.6 Å². The van der Waals surface area contributed by atoms with E-state index in [9.17, 15) is 0 Å². The fourth-order valence-corrected chi connectivity index (χ4v) is 2.97. The Labute approximate surface area is 126 Å². The number of fused-ring (bicyclic) bond motifs is 1. The van der Waals surface area contributed by atoms with E-state index in [1.807, 2.05) is 30.5 Å². The largest absolute Gasteiger partial charge is 0.493 e. The van der Waals surface area contributed by atoms with Crippen LogP contribution in [-0.4, -0.2) is 17.1 Å². The zero-order valence-electron chi connectivity index (χ0n) is 11.8. The first-order chi connectivity index (χ1) is 10.2. The van der Waals surface area contributed by atoms with Gasteiger partial charge in [0.05, 0.1) is 12.6 Å². The third-order valence-electron chi connectivity index (χ3n) is 3.17. The van der Waals surface area contributed by atoms with Gasteiger partial charge in [-0.25, -0.2) is 9.97 Å². The Morgan fingerprint density at radius 1 is 1.24 bits per heavy atom. The molecule has 0 aliphatic carbocycles. The molecule has 0 saturated heterocycles. The van der Waals surface area contributed by atoms with Crippen molar-refractivity contribution in [3.63, 3.8) is 0 Å². The van der Waals surface area contributed by atoms with Crippen LogP contribution in [0.2, 0.25) is 0 Å². The number of rotatable bonds is 4. The quantitative estimate of drug-likeness (QED) is 0.801. The van der Waals surface area contributed by atoms with Crippen molar-refractivity contribution in [2.75, 3.05) is 7.11 Å². The molecular formula is C15H15N3O2S. The zero-order valence-corrected chi connectivity index (χ0v) is 12.6. The summed E-state index contributed by atoms with van der Waals surface area (Å²) in [5.41, 5.74) is 8.66. The fourth-order valence-electron chi connectivity index (χ4n) is 2.05. The van der Waals surface area contributed by atoms with Gasteiger partial charge in [0.25, 0.3) is 0 Å². The standard InChI is InChI=1S/C15H15N3O2S/c1-9-7-21-14-13(9)17-8-18-15(14)20-11-4-3-10(6-16)5-12(11)19-2/h3-5,7-8H,6,16H2,1-2H3. The summed E-state index contributed by atoms with van der Waals surface area (Å²) in [4.78, 5) is 8.51. The van der Waals surface area contributed by atoms with Crippen molar-refractivity contribution < 1.29 is 9.47 Å². The minimum absolute atomic E-state index is 0.457. The summed E-state index contributed by atoms with van der Waals surface area (Å²) in [5.74, 6) is 1.79. The first kappa shape index (κ1) is 13.8. The maximum Gasteiger partial charge on any atom is 0.240 e. The topological polar surface area (TPSA) is 70.3 Å². The van der Waals surface area contributed by atoms with Crippen molar-refractivity contribution in [3.05, 3.63) is 41.0 Å². The van der Waals surface area contributed by atoms with Crippen LogP contribution in [0.3, 0.4) is 0 Å². The van der Waals surface area contributed by atoms with Gasteiger partial charge in [-0.2, -0.15) is 0 Å². The second kappa shape index (κ2) is 5.67. The number of aryl methyl sites for hydroxylation is 1. The lowest BCUT2D eigenvalue weighted by atomic mass is 10.2. The lowest BCUT2D eigenvalue weighted by Crippen LogP contribution is -1.98. The van der Waals surface area contributed by atoms with Crippen molar-refractivity contribution in [2.45, 2.75) is 13.5 Å². The lowest BCUT2D eigenvalue weighted by Gasteiger charge is -2.11. The van der Waals surface area contributed by atoms with Crippen molar-refractivity contribution in [2.24, 2.45) is 5.73 Å². The molecule has 3 rings (SSSR count). The average Bonchev–Trinajstić information content (AvgIpc) is 2.90. The highest BCUT2D eigenvalue weighted by Gasteiger charge is 2.13. The van der Waals surface area contributed by atoms with Crippen molar-refractivity contribution in [1.82, 2.24) is 9.97 Å². The van der Waals surface area contributed by atoms with E-state index in [4.69, 9.17) is 15.2 Å². The van der Waals surface area contributed by atoms with Crippen molar-refractivity contribution in [3.8, 4) is 17.4 Å². The molecule has 0 spiro atoms. The molecule has 0 unspecified atom stereocenters. The van der Waals surface area contributed by atoms with Gasteiger partial charge in [0.15, 0.2) is 11.5 Å². The van der Waals surface area contributed by atoms with Crippen LogP contribution in [0.1, 0.15) is 11.1 Å². The highest BCUT2D eigenvalue weighted by molar-refractivity contribution is 7.17. The molecule has 3 aromatic rings. The van der Waals surface area contributed by atoms with Gasteiger partial charge in [0, 0.05) is 6.54 Å². The molecule has 21 heavy (non-hydrogen) atoms. The number of nitrogens with zero attached hydrogens (tertiary/aromatic N) is 2. The predicted molar refractivity (Wildman–Crippen MR) is 83.1 cm³/mol. The monoisotopic (exact) mass is 301 g/mol. The van der Waals surface area contributed by atoms with E-state index in [0.29, 0.717) is 23.9 Å². The molecule has 0 aliphatic heterocycles. The first-order valence-electron chi connectivity index (χ1n) is 6.46. The van der Waals surface area contributed by atoms with Gasteiger partial charge >= 0.3 is 0 Å². The number of aromatic nitrogens is 2. The van der Waals surface area contributed by atoms with Crippen LogP contribution in [0.25, 0.3) is 10.2 Å². The van der Waals surface area contributed by atoms with Crippen LogP contribution in [0.4, 0.5) is 0 Å². The van der Waals surface area contributed by atoms with Crippen LogP contribution >= 0.6 is 11.3 Å². The highest BCUT2D eigenvalue weighted by atomic mass is 32.1. The Morgan fingerprint density at radius 2 is 2.10 bits per heavy atom. The molecule has 0 amide bonds. The number of hydrogen-bond donors (Lipinski definition) is 1. The molecule has 2 N–H and O–H groups in total. The normalized spacial score (nSPS) is 10.8. The first-order valence-corrected chi connectivity index (χ1v) is 7.34. The molecule has 0 fully saturated rings. The molecule has 6 heteroatoms. The van der Waals surface area contributed by atoms with E-state index < -0.39 is 0 Å². The minimum Gasteiger partial charge on any atom is -0.493 e. The zero-order chi connectivity index (χ0) is 14.8. The summed E-state index contributed by atoms with van der Waals surface area (Å²) >= 11 is 1.57. The highest BCUT2D eigenvalue weighted by Crippen LogP contribution is 2.36. The van der Waals surface area contributed by atoms with Gasteiger partial charge in [-0.1, -0.05) is 6.07 Å².